The van der Waals surface area contributed by atoms with Crippen LogP contribution in [0.15, 0.2) is 30.5 Å². The first-order chi connectivity index (χ1) is 12.1. The number of carbonyl (C=O) groups is 1. The molecule has 0 saturated carbocycles. The molecule has 3 rings (SSSR count). The summed E-state index contributed by atoms with van der Waals surface area (Å²) in [5.41, 5.74) is 3.11. The number of ether oxygens (including phenoxy) is 1. The number of rotatable bonds is 7. The van der Waals surface area contributed by atoms with Crippen LogP contribution in [0.2, 0.25) is 0 Å². The average molecular weight is 344 g/mol. The van der Waals surface area contributed by atoms with Gasteiger partial charge in [-0.1, -0.05) is 0 Å². The Morgan fingerprint density at radius 3 is 3.00 bits per heavy atom. The van der Waals surface area contributed by atoms with Gasteiger partial charge in [-0.15, -0.1) is 0 Å². The second-order valence-corrected chi connectivity index (χ2v) is 6.33. The number of hydrogen-bond acceptors (Lipinski definition) is 5. The SMILES string of the molecule is CC(=O)Nc1ccc(OCC(O)CNC2CCCc3cn[nH]c32)cc1. The maximum absolute atomic E-state index is 11.0. The maximum Gasteiger partial charge on any atom is 0.221 e. The molecule has 25 heavy (non-hydrogen) atoms. The van der Waals surface area contributed by atoms with Crippen LogP contribution in [0, 0.1) is 0 Å². The van der Waals surface area contributed by atoms with Crippen LogP contribution in [0.3, 0.4) is 0 Å². The van der Waals surface area contributed by atoms with Gasteiger partial charge in [0, 0.05) is 25.2 Å². The zero-order valence-corrected chi connectivity index (χ0v) is 14.3. The first kappa shape index (κ1) is 17.4. The van der Waals surface area contributed by atoms with Crippen LogP contribution < -0.4 is 15.4 Å². The number of aliphatic hydroxyl groups is 1. The summed E-state index contributed by atoms with van der Waals surface area (Å²) in [5, 5.41) is 23.4. The highest BCUT2D eigenvalue weighted by atomic mass is 16.5. The summed E-state index contributed by atoms with van der Waals surface area (Å²) >= 11 is 0. The first-order valence-corrected chi connectivity index (χ1v) is 8.56. The fraction of sp³-hybridized carbons (Fsp3) is 0.444. The lowest BCUT2D eigenvalue weighted by molar-refractivity contribution is -0.114. The number of aryl methyl sites for hydroxylation is 1. The number of fused-ring (bicyclic) bond motifs is 1. The summed E-state index contributed by atoms with van der Waals surface area (Å²) in [7, 11) is 0. The monoisotopic (exact) mass is 344 g/mol. The minimum atomic E-state index is -0.608. The van der Waals surface area contributed by atoms with E-state index in [2.05, 4.69) is 20.8 Å². The molecule has 0 radical (unpaired) electrons. The lowest BCUT2D eigenvalue weighted by Gasteiger charge is -2.24. The fourth-order valence-electron chi connectivity index (χ4n) is 3.03. The molecule has 2 unspecified atom stereocenters. The van der Waals surface area contributed by atoms with E-state index in [1.165, 1.54) is 12.5 Å². The number of carbonyl (C=O) groups excluding carboxylic acids is 1. The number of anilines is 1. The van der Waals surface area contributed by atoms with Gasteiger partial charge in [0.2, 0.25) is 5.91 Å². The molecule has 1 aromatic heterocycles. The molecule has 1 amide bonds. The van der Waals surface area contributed by atoms with Gasteiger partial charge < -0.3 is 20.5 Å². The van der Waals surface area contributed by atoms with Crippen LogP contribution in [-0.2, 0) is 11.2 Å². The minimum absolute atomic E-state index is 0.113. The van der Waals surface area contributed by atoms with Gasteiger partial charge in [-0.2, -0.15) is 5.10 Å². The normalized spacial score (nSPS) is 17.6. The molecule has 4 N–H and O–H groups in total. The number of hydrogen-bond donors (Lipinski definition) is 4. The molecule has 7 nitrogen and oxygen atoms in total. The van der Waals surface area contributed by atoms with Crippen molar-refractivity contribution in [1.82, 2.24) is 15.5 Å². The third-order valence-electron chi connectivity index (χ3n) is 4.26. The van der Waals surface area contributed by atoms with Crippen molar-refractivity contribution in [1.29, 1.82) is 0 Å². The largest absolute Gasteiger partial charge is 0.491 e. The van der Waals surface area contributed by atoms with Crippen molar-refractivity contribution in [2.75, 3.05) is 18.5 Å². The predicted octanol–water partition coefficient (Wildman–Crippen LogP) is 1.77. The van der Waals surface area contributed by atoms with E-state index >= 15 is 0 Å². The Labute approximate surface area is 146 Å². The number of aromatic amines is 1. The van der Waals surface area contributed by atoms with Crippen LogP contribution in [-0.4, -0.2) is 40.5 Å². The van der Waals surface area contributed by atoms with Gasteiger partial charge in [0.1, 0.15) is 18.5 Å². The number of nitrogens with zero attached hydrogens (tertiary/aromatic N) is 1. The third-order valence-corrected chi connectivity index (χ3v) is 4.26. The second-order valence-electron chi connectivity index (χ2n) is 6.33. The molecule has 1 aromatic carbocycles. The third kappa shape index (κ3) is 4.80. The number of amides is 1. The topological polar surface area (TPSA) is 99.3 Å². The van der Waals surface area contributed by atoms with Gasteiger partial charge in [0.05, 0.1) is 11.9 Å². The lowest BCUT2D eigenvalue weighted by atomic mass is 9.93. The molecule has 0 bridgehead atoms. The van der Waals surface area contributed by atoms with E-state index in [1.807, 2.05) is 6.20 Å². The Kier molecular flexibility index (Phi) is 5.67. The van der Waals surface area contributed by atoms with E-state index in [0.29, 0.717) is 12.3 Å². The van der Waals surface area contributed by atoms with Crippen molar-refractivity contribution >= 4 is 11.6 Å². The standard InChI is InChI=1S/C18H24N4O3/c1-12(23)21-14-5-7-16(8-6-14)25-11-15(24)10-19-17-4-2-3-13-9-20-22-18(13)17/h5-9,15,17,19,24H,2-4,10-11H2,1H3,(H,20,22)(H,21,23). The van der Waals surface area contributed by atoms with Gasteiger partial charge in [-0.3, -0.25) is 9.89 Å². The number of benzene rings is 1. The summed E-state index contributed by atoms with van der Waals surface area (Å²) in [5.74, 6) is 0.542. The summed E-state index contributed by atoms with van der Waals surface area (Å²) in [6.07, 6.45) is 4.49. The zero-order chi connectivity index (χ0) is 17.6. The highest BCUT2D eigenvalue weighted by molar-refractivity contribution is 5.88. The molecule has 0 aliphatic heterocycles. The molecule has 7 heteroatoms. The van der Waals surface area contributed by atoms with Crippen LogP contribution >= 0.6 is 0 Å². The summed E-state index contributed by atoms with van der Waals surface area (Å²) in [6.45, 7) is 2.12. The van der Waals surface area contributed by atoms with Gasteiger partial charge in [-0.05, 0) is 49.1 Å². The molecular weight excluding hydrogens is 320 g/mol. The molecule has 0 fully saturated rings. The van der Waals surface area contributed by atoms with Crippen LogP contribution in [0.1, 0.15) is 37.1 Å². The first-order valence-electron chi connectivity index (χ1n) is 8.56. The van der Waals surface area contributed by atoms with E-state index < -0.39 is 6.10 Å². The Morgan fingerprint density at radius 2 is 2.24 bits per heavy atom. The highest BCUT2D eigenvalue weighted by Crippen LogP contribution is 2.27. The van der Waals surface area contributed by atoms with Crippen molar-refractivity contribution in [3.8, 4) is 5.75 Å². The Morgan fingerprint density at radius 1 is 1.44 bits per heavy atom. The second kappa shape index (κ2) is 8.13. The molecule has 134 valence electrons. The molecule has 0 saturated heterocycles. The van der Waals surface area contributed by atoms with E-state index in [0.717, 1.165) is 30.6 Å². The zero-order valence-electron chi connectivity index (χ0n) is 14.3. The van der Waals surface area contributed by atoms with Gasteiger partial charge in [-0.25, -0.2) is 0 Å². The van der Waals surface area contributed by atoms with Crippen molar-refractivity contribution in [2.45, 2.75) is 38.3 Å². The van der Waals surface area contributed by atoms with Crippen LogP contribution in [0.25, 0.3) is 0 Å². The van der Waals surface area contributed by atoms with E-state index in [1.54, 1.807) is 24.3 Å². The maximum atomic E-state index is 11.0. The van der Waals surface area contributed by atoms with Crippen molar-refractivity contribution in [3.63, 3.8) is 0 Å². The number of H-pyrrole nitrogens is 1. The van der Waals surface area contributed by atoms with Crippen LogP contribution in [0.5, 0.6) is 5.75 Å². The lowest BCUT2D eigenvalue weighted by Crippen LogP contribution is -2.35. The number of aromatic nitrogens is 2. The number of nitrogens with one attached hydrogen (secondary N) is 3. The van der Waals surface area contributed by atoms with Crippen molar-refractivity contribution in [2.24, 2.45) is 0 Å². The van der Waals surface area contributed by atoms with Crippen LogP contribution in [0.4, 0.5) is 5.69 Å². The fourth-order valence-corrected chi connectivity index (χ4v) is 3.03. The Bertz CT molecular complexity index is 699. The highest BCUT2D eigenvalue weighted by Gasteiger charge is 2.22. The van der Waals surface area contributed by atoms with Crippen molar-refractivity contribution < 1.29 is 14.6 Å². The quantitative estimate of drug-likeness (QED) is 0.613. The minimum Gasteiger partial charge on any atom is -0.491 e. The molecule has 0 spiro atoms. The summed E-state index contributed by atoms with van der Waals surface area (Å²) < 4.78 is 5.60. The molecule has 1 aliphatic carbocycles. The summed E-state index contributed by atoms with van der Waals surface area (Å²) in [4.78, 5) is 11.0. The molecule has 2 atom stereocenters. The predicted molar refractivity (Wildman–Crippen MR) is 94.5 cm³/mol. The average Bonchev–Trinajstić information content (AvgIpc) is 3.08. The molecular formula is C18H24N4O3. The molecule has 2 aromatic rings. The Hall–Kier alpha value is -2.38. The van der Waals surface area contributed by atoms with Crippen molar-refractivity contribution in [3.05, 3.63) is 41.7 Å². The smallest absolute Gasteiger partial charge is 0.221 e. The molecule has 1 aliphatic rings. The van der Waals surface area contributed by atoms with Gasteiger partial charge in [0.25, 0.3) is 0 Å². The van der Waals surface area contributed by atoms with Gasteiger partial charge in [0.15, 0.2) is 0 Å². The summed E-state index contributed by atoms with van der Waals surface area (Å²) in [6, 6.07) is 7.27. The van der Waals surface area contributed by atoms with E-state index in [9.17, 15) is 9.90 Å². The number of aliphatic hydroxyl groups excluding tert-OH is 1. The Balaban J connectivity index is 1.43. The van der Waals surface area contributed by atoms with E-state index in [-0.39, 0.29) is 18.6 Å². The molecule has 1 heterocycles. The van der Waals surface area contributed by atoms with Gasteiger partial charge >= 0.3 is 0 Å². The van der Waals surface area contributed by atoms with E-state index in [4.69, 9.17) is 4.74 Å².